The highest BCUT2D eigenvalue weighted by atomic mass is 35.5. The first-order valence-electron chi connectivity index (χ1n) is 7.66. The van der Waals surface area contributed by atoms with Crippen molar-refractivity contribution in [3.8, 4) is 0 Å². The van der Waals surface area contributed by atoms with E-state index >= 15 is 0 Å². The van der Waals surface area contributed by atoms with Gasteiger partial charge < -0.3 is 10.1 Å². The topological polar surface area (TPSA) is 89.5 Å². The fraction of sp³-hybridized carbons (Fsp3) is 0.222. The third kappa shape index (κ3) is 4.83. The van der Waals surface area contributed by atoms with Crippen LogP contribution in [-0.4, -0.2) is 32.7 Å². The summed E-state index contributed by atoms with van der Waals surface area (Å²) >= 11 is 5.91. The summed E-state index contributed by atoms with van der Waals surface area (Å²) in [5.74, 6) is -1.45. The Morgan fingerprint density at radius 2 is 1.81 bits per heavy atom. The van der Waals surface area contributed by atoms with Gasteiger partial charge in [0.05, 0.1) is 10.5 Å². The molecule has 0 aromatic heterocycles. The predicted octanol–water partition coefficient (Wildman–Crippen LogP) is 3.24. The van der Waals surface area contributed by atoms with Gasteiger partial charge in [-0.1, -0.05) is 29.8 Å². The molecule has 0 spiro atoms. The van der Waals surface area contributed by atoms with Gasteiger partial charge in [-0.15, -0.1) is 0 Å². The van der Waals surface area contributed by atoms with Crippen LogP contribution in [0, 0.1) is 6.92 Å². The van der Waals surface area contributed by atoms with Crippen molar-refractivity contribution in [2.75, 3.05) is 11.6 Å². The van der Waals surface area contributed by atoms with Crippen LogP contribution in [0.15, 0.2) is 47.4 Å². The van der Waals surface area contributed by atoms with Gasteiger partial charge in [0.15, 0.2) is 15.9 Å². The molecule has 0 aliphatic rings. The van der Waals surface area contributed by atoms with Crippen LogP contribution in [0.4, 0.5) is 5.69 Å². The number of esters is 1. The van der Waals surface area contributed by atoms with Crippen LogP contribution in [0.2, 0.25) is 5.02 Å². The molecule has 2 aromatic carbocycles. The molecule has 0 aliphatic carbocycles. The second-order valence-electron chi connectivity index (χ2n) is 5.76. The van der Waals surface area contributed by atoms with Crippen LogP contribution < -0.4 is 5.32 Å². The Bertz CT molecular complexity index is 956. The molecule has 0 fully saturated rings. The number of sulfone groups is 1. The summed E-state index contributed by atoms with van der Waals surface area (Å²) in [4.78, 5) is 24.4. The highest BCUT2D eigenvalue weighted by Crippen LogP contribution is 2.21. The Kier molecular flexibility index (Phi) is 6.05. The smallest absolute Gasteiger partial charge is 0.340 e. The molecule has 1 N–H and O–H groups in total. The molecule has 2 rings (SSSR count). The molecule has 6 nitrogen and oxygen atoms in total. The molecule has 0 unspecified atom stereocenters. The summed E-state index contributed by atoms with van der Waals surface area (Å²) < 4.78 is 28.7. The number of hydrogen-bond donors (Lipinski definition) is 1. The Morgan fingerprint density at radius 1 is 1.15 bits per heavy atom. The second kappa shape index (κ2) is 7.88. The first-order chi connectivity index (χ1) is 12.1. The summed E-state index contributed by atoms with van der Waals surface area (Å²) in [5, 5.41) is 3.09. The van der Waals surface area contributed by atoms with Gasteiger partial charge in [0.2, 0.25) is 0 Å². The lowest BCUT2D eigenvalue weighted by molar-refractivity contribution is -0.123. The Labute approximate surface area is 157 Å². The normalized spacial score (nSPS) is 12.3. The molecular weight excluding hydrogens is 378 g/mol. The fourth-order valence-electron chi connectivity index (χ4n) is 2.20. The maximum atomic E-state index is 12.3. The maximum Gasteiger partial charge on any atom is 0.340 e. The van der Waals surface area contributed by atoms with E-state index in [1.54, 1.807) is 25.1 Å². The number of benzene rings is 2. The number of amides is 1. The maximum absolute atomic E-state index is 12.3. The monoisotopic (exact) mass is 395 g/mol. The van der Waals surface area contributed by atoms with Gasteiger partial charge in [0, 0.05) is 17.0 Å². The number of carbonyl (C=O) groups excluding carboxylic acids is 2. The number of rotatable bonds is 5. The molecule has 0 bridgehead atoms. The summed E-state index contributed by atoms with van der Waals surface area (Å²) in [6, 6.07) is 10.7. The third-order valence-electron chi connectivity index (χ3n) is 3.62. The van der Waals surface area contributed by atoms with E-state index in [0.717, 1.165) is 11.8 Å². The van der Waals surface area contributed by atoms with Gasteiger partial charge in [-0.05, 0) is 43.7 Å². The van der Waals surface area contributed by atoms with Gasteiger partial charge in [0.25, 0.3) is 5.91 Å². The first kappa shape index (κ1) is 19.9. The molecule has 0 heterocycles. The van der Waals surface area contributed by atoms with E-state index in [2.05, 4.69) is 5.32 Å². The van der Waals surface area contributed by atoms with E-state index in [1.165, 1.54) is 31.2 Å². The number of carbonyl (C=O) groups is 2. The zero-order valence-corrected chi connectivity index (χ0v) is 16.0. The number of ether oxygens (including phenoxy) is 1. The lowest BCUT2D eigenvalue weighted by Gasteiger charge is -2.15. The average Bonchev–Trinajstić information content (AvgIpc) is 2.57. The molecule has 8 heteroatoms. The van der Waals surface area contributed by atoms with Crippen LogP contribution in [0.25, 0.3) is 0 Å². The van der Waals surface area contributed by atoms with Crippen molar-refractivity contribution in [3.63, 3.8) is 0 Å². The minimum atomic E-state index is -3.61. The summed E-state index contributed by atoms with van der Waals surface area (Å²) in [7, 11) is -3.61. The van der Waals surface area contributed by atoms with E-state index in [9.17, 15) is 18.0 Å². The van der Waals surface area contributed by atoms with Crippen molar-refractivity contribution in [2.45, 2.75) is 24.8 Å². The predicted molar refractivity (Wildman–Crippen MR) is 99.2 cm³/mol. The summed E-state index contributed by atoms with van der Waals surface area (Å²) in [6.45, 7) is 3.20. The van der Waals surface area contributed by atoms with Gasteiger partial charge in [-0.25, -0.2) is 13.2 Å². The van der Waals surface area contributed by atoms with Crippen molar-refractivity contribution < 1.29 is 22.7 Å². The second-order valence-corrected chi connectivity index (χ2v) is 8.18. The zero-order chi connectivity index (χ0) is 19.5. The molecule has 0 aliphatic heterocycles. The Balaban J connectivity index is 2.15. The molecule has 1 atom stereocenters. The summed E-state index contributed by atoms with van der Waals surface area (Å²) in [5.41, 5.74) is 1.18. The largest absolute Gasteiger partial charge is 0.449 e. The lowest BCUT2D eigenvalue weighted by Crippen LogP contribution is -2.30. The number of anilines is 1. The molecular formula is C18H18ClNO5S. The van der Waals surface area contributed by atoms with Crippen molar-refractivity contribution in [2.24, 2.45) is 0 Å². The lowest BCUT2D eigenvalue weighted by atomic mass is 10.2. The summed E-state index contributed by atoms with van der Waals surface area (Å²) in [6.07, 6.45) is -0.134. The van der Waals surface area contributed by atoms with Gasteiger partial charge in [0.1, 0.15) is 0 Å². The molecule has 2 aromatic rings. The van der Waals surface area contributed by atoms with E-state index in [4.69, 9.17) is 16.3 Å². The molecule has 1 amide bonds. The quantitative estimate of drug-likeness (QED) is 0.785. The number of halogens is 1. The molecule has 0 radical (unpaired) electrons. The van der Waals surface area contributed by atoms with Crippen LogP contribution in [0.3, 0.4) is 0 Å². The van der Waals surface area contributed by atoms with E-state index in [1.807, 2.05) is 0 Å². The van der Waals surface area contributed by atoms with Crippen molar-refractivity contribution in [3.05, 3.63) is 58.6 Å². The minimum Gasteiger partial charge on any atom is -0.449 e. The van der Waals surface area contributed by atoms with Crippen molar-refractivity contribution in [1.29, 1.82) is 0 Å². The third-order valence-corrected chi connectivity index (χ3v) is 5.01. The number of aryl methyl sites for hydroxylation is 1. The van der Waals surface area contributed by atoms with Crippen LogP contribution in [0.5, 0.6) is 0 Å². The van der Waals surface area contributed by atoms with E-state index < -0.39 is 27.8 Å². The van der Waals surface area contributed by atoms with Crippen molar-refractivity contribution in [1.82, 2.24) is 0 Å². The van der Waals surface area contributed by atoms with Gasteiger partial charge in [-0.2, -0.15) is 0 Å². The minimum absolute atomic E-state index is 0.117. The highest BCUT2D eigenvalue weighted by Gasteiger charge is 2.24. The fourth-order valence-corrected chi connectivity index (χ4v) is 3.25. The number of hydrogen-bond acceptors (Lipinski definition) is 5. The highest BCUT2D eigenvalue weighted by molar-refractivity contribution is 7.90. The van der Waals surface area contributed by atoms with Gasteiger partial charge >= 0.3 is 5.97 Å². The van der Waals surface area contributed by atoms with Crippen LogP contribution in [-0.2, 0) is 19.4 Å². The van der Waals surface area contributed by atoms with E-state index in [-0.39, 0.29) is 10.5 Å². The van der Waals surface area contributed by atoms with Gasteiger partial charge in [-0.3, -0.25) is 4.79 Å². The first-order valence-corrected chi connectivity index (χ1v) is 9.93. The number of nitrogens with one attached hydrogen (secondary N) is 1. The average molecular weight is 396 g/mol. The molecule has 138 valence electrons. The zero-order valence-electron chi connectivity index (χ0n) is 14.4. The van der Waals surface area contributed by atoms with Crippen LogP contribution >= 0.6 is 11.6 Å². The Hall–Kier alpha value is -2.38. The van der Waals surface area contributed by atoms with Crippen molar-refractivity contribution >= 4 is 39.0 Å². The Morgan fingerprint density at radius 3 is 2.46 bits per heavy atom. The standard InChI is InChI=1S/C18H18ClNO5S/c1-11-8-9-13(19)10-15(11)20-17(21)12(2)25-18(22)14-6-4-5-7-16(14)26(3,23)24/h4-10,12H,1-3H3,(H,20,21)/t12-/m1/s1. The SMILES string of the molecule is Cc1ccc(Cl)cc1NC(=O)[C@@H](C)OC(=O)c1ccccc1S(C)(=O)=O. The van der Waals surface area contributed by atoms with E-state index in [0.29, 0.717) is 10.7 Å². The van der Waals surface area contributed by atoms with Crippen LogP contribution in [0.1, 0.15) is 22.8 Å². The molecule has 26 heavy (non-hydrogen) atoms. The molecule has 0 saturated carbocycles. The molecule has 0 saturated heterocycles.